The lowest BCUT2D eigenvalue weighted by molar-refractivity contribution is -0.110. The first kappa shape index (κ1) is 15.9. The van der Waals surface area contributed by atoms with Crippen LogP contribution in [0.15, 0.2) is 36.4 Å². The summed E-state index contributed by atoms with van der Waals surface area (Å²) in [5.74, 6) is 1.86. The molecule has 0 aromatic heterocycles. The van der Waals surface area contributed by atoms with Gasteiger partial charge in [0.25, 0.3) is 5.91 Å². The zero-order chi connectivity index (χ0) is 17.1. The van der Waals surface area contributed by atoms with E-state index in [4.69, 9.17) is 14.2 Å². The summed E-state index contributed by atoms with van der Waals surface area (Å²) in [6, 6.07) is 11.1. The molecule has 0 spiro atoms. The Morgan fingerprint density at radius 1 is 1.08 bits per heavy atom. The van der Waals surface area contributed by atoms with Gasteiger partial charge in [-0.3, -0.25) is 4.79 Å². The molecule has 0 aliphatic carbocycles. The summed E-state index contributed by atoms with van der Waals surface area (Å²) in [4.78, 5) is 12.4. The van der Waals surface area contributed by atoms with Crippen molar-refractivity contribution in [2.45, 2.75) is 6.92 Å². The lowest BCUT2D eigenvalue weighted by atomic mass is 10.0. The van der Waals surface area contributed by atoms with E-state index in [1.54, 1.807) is 20.3 Å². The molecule has 5 heteroatoms. The molecule has 0 bridgehead atoms. The number of carbonyl (C=O) groups is 1. The van der Waals surface area contributed by atoms with Crippen molar-refractivity contribution in [3.05, 3.63) is 47.5 Å². The van der Waals surface area contributed by atoms with Gasteiger partial charge in [0, 0.05) is 17.2 Å². The highest BCUT2D eigenvalue weighted by Gasteiger charge is 2.25. The Hall–Kier alpha value is -2.95. The van der Waals surface area contributed by atoms with Crippen LogP contribution >= 0.6 is 0 Å². The molecule has 2 aromatic rings. The van der Waals surface area contributed by atoms with Crippen LogP contribution < -0.4 is 19.5 Å². The minimum Gasteiger partial charge on any atom is -0.496 e. The molecule has 5 nitrogen and oxygen atoms in total. The van der Waals surface area contributed by atoms with Crippen molar-refractivity contribution in [2.75, 3.05) is 26.1 Å². The largest absolute Gasteiger partial charge is 0.496 e. The fourth-order valence-electron chi connectivity index (χ4n) is 2.74. The van der Waals surface area contributed by atoms with Crippen molar-refractivity contribution in [3.8, 4) is 17.2 Å². The molecule has 2 aromatic carbocycles. The van der Waals surface area contributed by atoms with Gasteiger partial charge in [0.05, 0.1) is 32.1 Å². The molecule has 0 saturated carbocycles. The molecular weight excluding hydrogens is 306 g/mol. The summed E-state index contributed by atoms with van der Waals surface area (Å²) < 4.78 is 16.3. The van der Waals surface area contributed by atoms with Gasteiger partial charge in [-0.25, -0.2) is 0 Å². The second-order valence-corrected chi connectivity index (χ2v) is 5.23. The first-order valence-electron chi connectivity index (χ1n) is 7.69. The van der Waals surface area contributed by atoms with Gasteiger partial charge in [0.2, 0.25) is 0 Å². The number of benzene rings is 2. The van der Waals surface area contributed by atoms with Gasteiger partial charge in [0.1, 0.15) is 17.2 Å². The van der Waals surface area contributed by atoms with Crippen molar-refractivity contribution in [2.24, 2.45) is 0 Å². The van der Waals surface area contributed by atoms with Crippen molar-refractivity contribution in [3.63, 3.8) is 0 Å². The fraction of sp³-hybridized carbons (Fsp3) is 0.211. The van der Waals surface area contributed by atoms with Gasteiger partial charge < -0.3 is 19.5 Å². The van der Waals surface area contributed by atoms with E-state index in [1.807, 2.05) is 43.3 Å². The Labute approximate surface area is 140 Å². The number of hydrogen-bond acceptors (Lipinski definition) is 4. The lowest BCUT2D eigenvalue weighted by Crippen LogP contribution is -2.04. The van der Waals surface area contributed by atoms with E-state index in [0.717, 1.165) is 22.6 Å². The Kier molecular flexibility index (Phi) is 4.42. The predicted molar refractivity (Wildman–Crippen MR) is 93.7 cm³/mol. The van der Waals surface area contributed by atoms with Crippen LogP contribution in [-0.4, -0.2) is 26.7 Å². The van der Waals surface area contributed by atoms with E-state index in [1.165, 1.54) is 0 Å². The molecule has 3 rings (SSSR count). The first-order valence-corrected chi connectivity index (χ1v) is 7.69. The average Bonchev–Trinajstić information content (AvgIpc) is 2.90. The number of carbonyl (C=O) groups excluding carboxylic acids is 1. The number of rotatable bonds is 5. The van der Waals surface area contributed by atoms with Gasteiger partial charge in [-0.1, -0.05) is 6.07 Å². The standard InChI is InChI=1S/C19H19NO4/c1-4-24-12-8-9-13-14(19(21)20-16(13)10-12)11-15-17(22-2)6-5-7-18(15)23-3/h5-11H,4H2,1-3H3,(H,20,21)/b14-11+. The van der Waals surface area contributed by atoms with Crippen molar-refractivity contribution < 1.29 is 19.0 Å². The third-order valence-corrected chi connectivity index (χ3v) is 3.84. The number of nitrogens with one attached hydrogen (secondary N) is 1. The smallest absolute Gasteiger partial charge is 0.256 e. The molecule has 0 radical (unpaired) electrons. The minimum absolute atomic E-state index is 0.161. The van der Waals surface area contributed by atoms with Crippen molar-refractivity contribution >= 4 is 23.2 Å². The molecule has 124 valence electrons. The number of ether oxygens (including phenoxy) is 3. The number of anilines is 1. The van der Waals surface area contributed by atoms with Gasteiger partial charge in [-0.15, -0.1) is 0 Å². The van der Waals surface area contributed by atoms with Crippen LogP contribution in [0.3, 0.4) is 0 Å². The van der Waals surface area contributed by atoms with Crippen LogP contribution in [0.1, 0.15) is 18.1 Å². The highest BCUT2D eigenvalue weighted by Crippen LogP contribution is 2.38. The average molecular weight is 325 g/mol. The molecule has 0 unspecified atom stereocenters. The van der Waals surface area contributed by atoms with E-state index in [2.05, 4.69) is 5.32 Å². The maximum Gasteiger partial charge on any atom is 0.256 e. The second kappa shape index (κ2) is 6.66. The summed E-state index contributed by atoms with van der Waals surface area (Å²) in [5.41, 5.74) is 2.87. The van der Waals surface area contributed by atoms with E-state index >= 15 is 0 Å². The summed E-state index contributed by atoms with van der Waals surface area (Å²) >= 11 is 0. The number of methoxy groups -OCH3 is 2. The van der Waals surface area contributed by atoms with E-state index in [-0.39, 0.29) is 5.91 Å². The predicted octanol–water partition coefficient (Wildman–Crippen LogP) is 3.60. The van der Waals surface area contributed by atoms with Gasteiger partial charge in [0.15, 0.2) is 0 Å². The molecule has 0 saturated heterocycles. The van der Waals surface area contributed by atoms with Crippen LogP contribution in [0.25, 0.3) is 11.6 Å². The van der Waals surface area contributed by atoms with Crippen LogP contribution in [0.2, 0.25) is 0 Å². The summed E-state index contributed by atoms with van der Waals surface area (Å²) in [5, 5.41) is 2.87. The molecule has 24 heavy (non-hydrogen) atoms. The van der Waals surface area contributed by atoms with E-state index < -0.39 is 0 Å². The monoisotopic (exact) mass is 325 g/mol. The SMILES string of the molecule is CCOc1ccc2c(c1)NC(=O)/C2=C/c1c(OC)cccc1OC. The lowest BCUT2D eigenvalue weighted by Gasteiger charge is -2.10. The van der Waals surface area contributed by atoms with Gasteiger partial charge in [-0.2, -0.15) is 0 Å². The number of hydrogen-bond donors (Lipinski definition) is 1. The molecular formula is C19H19NO4. The minimum atomic E-state index is -0.161. The zero-order valence-electron chi connectivity index (χ0n) is 13.9. The van der Waals surface area contributed by atoms with Gasteiger partial charge in [-0.05, 0) is 37.3 Å². The normalized spacial score (nSPS) is 14.3. The Bertz CT molecular complexity index is 789. The molecule has 0 atom stereocenters. The summed E-state index contributed by atoms with van der Waals surface area (Å²) in [6.07, 6.45) is 1.79. The van der Waals surface area contributed by atoms with Crippen molar-refractivity contribution in [1.82, 2.24) is 0 Å². The quantitative estimate of drug-likeness (QED) is 0.854. The summed E-state index contributed by atoms with van der Waals surface area (Å²) in [7, 11) is 3.18. The molecule has 1 N–H and O–H groups in total. The Morgan fingerprint density at radius 3 is 2.42 bits per heavy atom. The molecule has 1 heterocycles. The van der Waals surface area contributed by atoms with Crippen LogP contribution in [0, 0.1) is 0 Å². The Morgan fingerprint density at radius 2 is 1.79 bits per heavy atom. The van der Waals surface area contributed by atoms with Crippen LogP contribution in [0.5, 0.6) is 17.2 Å². The van der Waals surface area contributed by atoms with Crippen molar-refractivity contribution in [1.29, 1.82) is 0 Å². The molecule has 0 fully saturated rings. The number of amides is 1. The fourth-order valence-corrected chi connectivity index (χ4v) is 2.74. The molecule has 1 aliphatic heterocycles. The second-order valence-electron chi connectivity index (χ2n) is 5.23. The Balaban J connectivity index is 2.09. The summed E-state index contributed by atoms with van der Waals surface area (Å²) in [6.45, 7) is 2.50. The van der Waals surface area contributed by atoms with Crippen LogP contribution in [-0.2, 0) is 4.79 Å². The first-order chi connectivity index (χ1) is 11.7. The topological polar surface area (TPSA) is 56.8 Å². The van der Waals surface area contributed by atoms with E-state index in [0.29, 0.717) is 23.7 Å². The molecule has 1 amide bonds. The maximum atomic E-state index is 12.4. The third kappa shape index (κ3) is 2.80. The highest BCUT2D eigenvalue weighted by atomic mass is 16.5. The maximum absolute atomic E-state index is 12.4. The number of fused-ring (bicyclic) bond motifs is 1. The van der Waals surface area contributed by atoms with E-state index in [9.17, 15) is 4.79 Å². The van der Waals surface area contributed by atoms with Gasteiger partial charge >= 0.3 is 0 Å². The third-order valence-electron chi connectivity index (χ3n) is 3.84. The highest BCUT2D eigenvalue weighted by molar-refractivity contribution is 6.35. The molecule has 1 aliphatic rings. The van der Waals surface area contributed by atoms with Crippen LogP contribution in [0.4, 0.5) is 5.69 Å². The zero-order valence-corrected chi connectivity index (χ0v) is 13.9.